The van der Waals surface area contributed by atoms with Crippen LogP contribution in [0.3, 0.4) is 0 Å². The van der Waals surface area contributed by atoms with Gasteiger partial charge < -0.3 is 10.5 Å². The summed E-state index contributed by atoms with van der Waals surface area (Å²) >= 11 is 0. The van der Waals surface area contributed by atoms with Crippen LogP contribution in [0.25, 0.3) is 6.08 Å². The second kappa shape index (κ2) is 7.75. The topological polar surface area (TPSA) is 62.3 Å². The van der Waals surface area contributed by atoms with Gasteiger partial charge in [0.2, 0.25) is 5.88 Å². The second-order valence-electron chi connectivity index (χ2n) is 7.07. The molecule has 2 aromatic carbocycles. The predicted octanol–water partition coefficient (Wildman–Crippen LogP) is 4.17. The number of hydrogen-bond acceptors (Lipinski definition) is 4. The number of benzene rings is 2. The molecule has 140 valence electrons. The maximum Gasteiger partial charge on any atom is 0.205 e. The van der Waals surface area contributed by atoms with Crippen LogP contribution in [0, 0.1) is 11.3 Å². The number of likely N-dealkylation sites (N-methyl/N-ethyl adjacent to an activating group) is 1. The van der Waals surface area contributed by atoms with E-state index in [0.717, 1.165) is 47.7 Å². The highest BCUT2D eigenvalue weighted by Crippen LogP contribution is 2.43. The Morgan fingerprint density at radius 2 is 1.79 bits per heavy atom. The van der Waals surface area contributed by atoms with Crippen LogP contribution in [0.15, 0.2) is 89.0 Å². The first-order valence-corrected chi connectivity index (χ1v) is 9.55. The van der Waals surface area contributed by atoms with Crippen molar-refractivity contribution < 1.29 is 4.74 Å². The average Bonchev–Trinajstić information content (AvgIpc) is 2.74. The highest BCUT2D eigenvalue weighted by atomic mass is 16.5. The fourth-order valence-corrected chi connectivity index (χ4v) is 3.94. The van der Waals surface area contributed by atoms with Gasteiger partial charge in [-0.3, -0.25) is 4.90 Å². The number of nitrogens with zero attached hydrogens (tertiary/aromatic N) is 2. The summed E-state index contributed by atoms with van der Waals surface area (Å²) in [6.07, 6.45) is 2.16. The van der Waals surface area contributed by atoms with Gasteiger partial charge in [-0.2, -0.15) is 5.26 Å². The Balaban J connectivity index is 1.87. The van der Waals surface area contributed by atoms with Gasteiger partial charge in [0.25, 0.3) is 0 Å². The van der Waals surface area contributed by atoms with E-state index >= 15 is 0 Å². The minimum atomic E-state index is -0.177. The van der Waals surface area contributed by atoms with Crippen LogP contribution < -0.4 is 5.73 Å². The fraction of sp³-hybridized carbons (Fsp3) is 0.208. The molecule has 0 spiro atoms. The van der Waals surface area contributed by atoms with Crippen molar-refractivity contribution in [3.63, 3.8) is 0 Å². The zero-order valence-electron chi connectivity index (χ0n) is 15.9. The first kappa shape index (κ1) is 18.1. The van der Waals surface area contributed by atoms with Crippen molar-refractivity contribution in [2.45, 2.75) is 12.8 Å². The van der Waals surface area contributed by atoms with Gasteiger partial charge in [0.15, 0.2) is 0 Å². The van der Waals surface area contributed by atoms with Gasteiger partial charge in [0.1, 0.15) is 17.4 Å². The lowest BCUT2D eigenvalue weighted by Gasteiger charge is -2.38. The first-order valence-electron chi connectivity index (χ1n) is 9.55. The lowest BCUT2D eigenvalue weighted by Crippen LogP contribution is -2.38. The summed E-state index contributed by atoms with van der Waals surface area (Å²) in [5.74, 6) is 0.849. The van der Waals surface area contributed by atoms with Crippen LogP contribution in [0.4, 0.5) is 0 Å². The van der Waals surface area contributed by atoms with E-state index in [0.29, 0.717) is 5.57 Å². The van der Waals surface area contributed by atoms with Crippen molar-refractivity contribution in [2.24, 2.45) is 5.73 Å². The molecule has 0 aromatic heterocycles. The largest absolute Gasteiger partial charge is 0.440 e. The van der Waals surface area contributed by atoms with Crippen molar-refractivity contribution in [1.29, 1.82) is 5.26 Å². The predicted molar refractivity (Wildman–Crippen MR) is 111 cm³/mol. The van der Waals surface area contributed by atoms with Gasteiger partial charge in [-0.15, -0.1) is 0 Å². The Hall–Kier alpha value is -3.29. The molecule has 0 radical (unpaired) electrons. The monoisotopic (exact) mass is 369 g/mol. The van der Waals surface area contributed by atoms with E-state index in [-0.39, 0.29) is 11.8 Å². The number of allylic oxidation sites excluding steroid dienone is 1. The molecule has 0 unspecified atom stereocenters. The van der Waals surface area contributed by atoms with Gasteiger partial charge in [-0.1, -0.05) is 67.6 Å². The number of nitrogens with two attached hydrogens (primary N) is 1. The summed E-state index contributed by atoms with van der Waals surface area (Å²) in [5.41, 5.74) is 11.1. The van der Waals surface area contributed by atoms with Crippen molar-refractivity contribution >= 4 is 6.08 Å². The summed E-state index contributed by atoms with van der Waals surface area (Å²) in [4.78, 5) is 2.36. The van der Waals surface area contributed by atoms with E-state index in [1.165, 1.54) is 0 Å². The van der Waals surface area contributed by atoms with Gasteiger partial charge in [-0.25, -0.2) is 0 Å². The molecule has 2 aliphatic rings. The molecule has 0 bridgehead atoms. The molecule has 2 aromatic rings. The van der Waals surface area contributed by atoms with Crippen molar-refractivity contribution in [2.75, 3.05) is 19.6 Å². The summed E-state index contributed by atoms with van der Waals surface area (Å²) in [5, 5.41) is 9.79. The Labute approximate surface area is 165 Å². The van der Waals surface area contributed by atoms with Gasteiger partial charge in [0, 0.05) is 18.7 Å². The van der Waals surface area contributed by atoms with E-state index in [4.69, 9.17) is 10.5 Å². The molecule has 2 aliphatic heterocycles. The van der Waals surface area contributed by atoms with E-state index < -0.39 is 0 Å². The Morgan fingerprint density at radius 1 is 1.11 bits per heavy atom. The average molecular weight is 369 g/mol. The molecule has 2 N–H and O–H groups in total. The highest BCUT2D eigenvalue weighted by Gasteiger charge is 2.37. The molecule has 0 saturated carbocycles. The van der Waals surface area contributed by atoms with Crippen LogP contribution in [-0.4, -0.2) is 24.5 Å². The van der Waals surface area contributed by atoms with E-state index in [2.05, 4.69) is 48.2 Å². The Bertz CT molecular complexity index is 997. The summed E-state index contributed by atoms with van der Waals surface area (Å²) < 4.78 is 6.04. The van der Waals surface area contributed by atoms with Gasteiger partial charge >= 0.3 is 0 Å². The van der Waals surface area contributed by atoms with Crippen LogP contribution in [-0.2, 0) is 4.74 Å². The number of nitriles is 1. The summed E-state index contributed by atoms with van der Waals surface area (Å²) in [6.45, 7) is 4.63. The van der Waals surface area contributed by atoms with Crippen molar-refractivity contribution in [3.8, 4) is 6.07 Å². The van der Waals surface area contributed by atoms with Gasteiger partial charge in [0.05, 0.1) is 5.92 Å². The lowest BCUT2D eigenvalue weighted by atomic mass is 9.80. The molecule has 4 rings (SSSR count). The third-order valence-electron chi connectivity index (χ3n) is 5.33. The third kappa shape index (κ3) is 3.33. The smallest absolute Gasteiger partial charge is 0.205 e. The number of hydrogen-bond donors (Lipinski definition) is 1. The summed E-state index contributed by atoms with van der Waals surface area (Å²) in [7, 11) is 0. The normalized spacial score (nSPS) is 21.3. The maximum absolute atomic E-state index is 9.79. The summed E-state index contributed by atoms with van der Waals surface area (Å²) in [6, 6.07) is 22.6. The van der Waals surface area contributed by atoms with Crippen molar-refractivity contribution in [3.05, 3.63) is 100 Å². The molecular weight excluding hydrogens is 346 g/mol. The highest BCUT2D eigenvalue weighted by molar-refractivity contribution is 5.63. The lowest BCUT2D eigenvalue weighted by molar-refractivity contribution is 0.239. The van der Waals surface area contributed by atoms with Crippen LogP contribution >= 0.6 is 0 Å². The molecule has 0 fully saturated rings. The zero-order valence-corrected chi connectivity index (χ0v) is 15.9. The third-order valence-corrected chi connectivity index (χ3v) is 5.33. The molecule has 1 atom stereocenters. The minimum Gasteiger partial charge on any atom is -0.440 e. The molecule has 28 heavy (non-hydrogen) atoms. The quantitative estimate of drug-likeness (QED) is 0.882. The molecule has 4 heteroatoms. The molecule has 2 heterocycles. The van der Waals surface area contributed by atoms with Gasteiger partial charge in [-0.05, 0) is 29.3 Å². The Morgan fingerprint density at radius 3 is 2.43 bits per heavy atom. The Kier molecular flexibility index (Phi) is 5.01. The van der Waals surface area contributed by atoms with Crippen LogP contribution in [0.1, 0.15) is 24.0 Å². The molecular formula is C24H23N3O. The van der Waals surface area contributed by atoms with E-state index in [9.17, 15) is 5.26 Å². The SMILES string of the molecule is CCN1CC(=Cc2ccccc2)C2=C(C1)[C@@H](c1ccccc1)C(C#N)=C(N)O2. The molecule has 0 aliphatic carbocycles. The van der Waals surface area contributed by atoms with Crippen LogP contribution in [0.2, 0.25) is 0 Å². The maximum atomic E-state index is 9.79. The molecule has 0 saturated heterocycles. The first-order chi connectivity index (χ1) is 13.7. The minimum absolute atomic E-state index is 0.177. The number of rotatable bonds is 3. The van der Waals surface area contributed by atoms with E-state index in [1.54, 1.807) is 0 Å². The zero-order chi connectivity index (χ0) is 19.5. The molecule has 4 nitrogen and oxygen atoms in total. The fourth-order valence-electron chi connectivity index (χ4n) is 3.94. The van der Waals surface area contributed by atoms with Crippen molar-refractivity contribution in [1.82, 2.24) is 4.90 Å². The number of ether oxygens (including phenoxy) is 1. The standard InChI is InChI=1S/C24H23N3O/c1-2-27-15-19(13-17-9-5-3-6-10-17)23-21(16-27)22(18-11-7-4-8-12-18)20(14-25)24(26)28-23/h3-13,22H,2,15-16,26H2,1H3/t22-/m0/s1. The molecule has 0 amide bonds. The van der Waals surface area contributed by atoms with E-state index in [1.807, 2.05) is 36.4 Å². The van der Waals surface area contributed by atoms with Crippen LogP contribution in [0.5, 0.6) is 0 Å². The second-order valence-corrected chi connectivity index (χ2v) is 7.07.